The van der Waals surface area contributed by atoms with E-state index in [0.717, 1.165) is 23.9 Å². The van der Waals surface area contributed by atoms with Crippen molar-refractivity contribution in [2.24, 2.45) is 10.4 Å². The average Bonchev–Trinajstić information content (AvgIpc) is 3.11. The first-order valence-electron chi connectivity index (χ1n) is 7.98. The van der Waals surface area contributed by atoms with Crippen molar-refractivity contribution in [1.29, 1.82) is 0 Å². The lowest BCUT2D eigenvalue weighted by Gasteiger charge is -2.22. The second-order valence-electron chi connectivity index (χ2n) is 6.25. The average molecular weight is 344 g/mol. The number of aliphatic hydroxyl groups is 1. The molecule has 1 heterocycles. The van der Waals surface area contributed by atoms with E-state index in [1.807, 2.05) is 19.1 Å². The Bertz CT molecular complexity index is 497. The Kier molecular flexibility index (Phi) is 6.53. The molecule has 1 fully saturated rings. The third-order valence-electron chi connectivity index (χ3n) is 4.16. The van der Waals surface area contributed by atoms with E-state index in [1.54, 1.807) is 0 Å². The topological polar surface area (TPSA) is 56.7 Å². The summed E-state index contributed by atoms with van der Waals surface area (Å²) in [6.07, 6.45) is 4.57. The first kappa shape index (κ1) is 17.6. The third-order valence-corrected chi connectivity index (χ3v) is 5.49. The molecular weight excluding hydrogens is 318 g/mol. The molecule has 0 aromatic carbocycles. The van der Waals surface area contributed by atoms with Crippen LogP contribution in [0.4, 0.5) is 0 Å². The van der Waals surface area contributed by atoms with Gasteiger partial charge < -0.3 is 15.7 Å². The largest absolute Gasteiger partial charge is 0.386 e. The van der Waals surface area contributed by atoms with E-state index in [9.17, 15) is 5.11 Å². The number of nitrogens with one attached hydrogen (secondary N) is 2. The number of hydrogen-bond acceptors (Lipinski definition) is 3. The molecule has 0 radical (unpaired) electrons. The molecule has 2 rings (SSSR count). The number of rotatable bonds is 6. The molecular formula is C16H26ClN3OS. The van der Waals surface area contributed by atoms with E-state index in [-0.39, 0.29) is 0 Å². The highest BCUT2D eigenvalue weighted by Gasteiger charge is 2.28. The molecule has 3 N–H and O–H groups in total. The quantitative estimate of drug-likeness (QED) is 0.546. The first-order chi connectivity index (χ1) is 10.5. The molecule has 22 heavy (non-hydrogen) atoms. The van der Waals surface area contributed by atoms with Gasteiger partial charge in [-0.25, -0.2) is 0 Å². The highest BCUT2D eigenvalue weighted by atomic mass is 35.5. The summed E-state index contributed by atoms with van der Waals surface area (Å²) in [5.41, 5.74) is 0.336. The van der Waals surface area contributed by atoms with Gasteiger partial charge in [-0.15, -0.1) is 11.3 Å². The molecule has 0 aliphatic heterocycles. The standard InChI is InChI=1S/C16H26ClN3OS/c1-3-18-15(20-11-16(2)8-4-5-9-16)19-10-12(21)13-6-7-14(17)22-13/h6-7,12,21H,3-5,8-11H2,1-2H3,(H2,18,19,20). The van der Waals surface area contributed by atoms with Gasteiger partial charge in [0.15, 0.2) is 5.96 Å². The zero-order valence-electron chi connectivity index (χ0n) is 13.4. The zero-order chi connectivity index (χ0) is 16.0. The van der Waals surface area contributed by atoms with Crippen molar-refractivity contribution < 1.29 is 5.11 Å². The van der Waals surface area contributed by atoms with Gasteiger partial charge in [0.1, 0.15) is 6.10 Å². The van der Waals surface area contributed by atoms with Gasteiger partial charge in [-0.3, -0.25) is 4.99 Å². The second-order valence-corrected chi connectivity index (χ2v) is 8.00. The normalized spacial score (nSPS) is 19.2. The van der Waals surface area contributed by atoms with Crippen molar-refractivity contribution in [1.82, 2.24) is 10.6 Å². The molecule has 1 saturated carbocycles. The summed E-state index contributed by atoms with van der Waals surface area (Å²) in [4.78, 5) is 5.57. The van der Waals surface area contributed by atoms with Crippen LogP contribution in [-0.2, 0) is 0 Å². The van der Waals surface area contributed by atoms with E-state index in [4.69, 9.17) is 16.6 Å². The molecule has 124 valence electrons. The number of hydrogen-bond donors (Lipinski definition) is 3. The highest BCUT2D eigenvalue weighted by Crippen LogP contribution is 2.37. The van der Waals surface area contributed by atoms with Gasteiger partial charge in [-0.2, -0.15) is 0 Å². The van der Waals surface area contributed by atoms with Crippen LogP contribution in [0.3, 0.4) is 0 Å². The fourth-order valence-corrected chi connectivity index (χ4v) is 3.85. The maximum atomic E-state index is 10.2. The number of thiophene rings is 1. The van der Waals surface area contributed by atoms with E-state index in [1.165, 1.54) is 37.0 Å². The van der Waals surface area contributed by atoms with Crippen LogP contribution < -0.4 is 10.6 Å². The molecule has 4 nitrogen and oxygen atoms in total. The molecule has 0 spiro atoms. The number of nitrogens with zero attached hydrogens (tertiary/aromatic N) is 1. The lowest BCUT2D eigenvalue weighted by Crippen LogP contribution is -2.40. The van der Waals surface area contributed by atoms with E-state index in [2.05, 4.69) is 17.6 Å². The molecule has 1 aromatic rings. The minimum absolute atomic E-state index is 0.336. The van der Waals surface area contributed by atoms with E-state index < -0.39 is 6.10 Å². The maximum Gasteiger partial charge on any atom is 0.191 e. The zero-order valence-corrected chi connectivity index (χ0v) is 14.9. The summed E-state index contributed by atoms with van der Waals surface area (Å²) in [6, 6.07) is 3.67. The Labute approximate surface area is 142 Å². The Morgan fingerprint density at radius 1 is 1.41 bits per heavy atom. The summed E-state index contributed by atoms with van der Waals surface area (Å²) in [7, 11) is 0. The van der Waals surface area contributed by atoms with Gasteiger partial charge in [0.2, 0.25) is 0 Å². The van der Waals surface area contributed by atoms with Gasteiger partial charge in [0.05, 0.1) is 4.34 Å². The monoisotopic (exact) mass is 343 g/mol. The van der Waals surface area contributed by atoms with Crippen LogP contribution in [0, 0.1) is 5.41 Å². The second kappa shape index (κ2) is 8.18. The molecule has 0 amide bonds. The highest BCUT2D eigenvalue weighted by molar-refractivity contribution is 7.16. The summed E-state index contributed by atoms with van der Waals surface area (Å²) in [6.45, 7) is 6.44. The van der Waals surface area contributed by atoms with Gasteiger partial charge in [-0.05, 0) is 37.3 Å². The lowest BCUT2D eigenvalue weighted by atomic mass is 9.89. The van der Waals surface area contributed by atoms with Crippen molar-refractivity contribution in [2.75, 3.05) is 19.6 Å². The van der Waals surface area contributed by atoms with Crippen LogP contribution in [-0.4, -0.2) is 30.7 Å². The van der Waals surface area contributed by atoms with Crippen LogP contribution in [0.15, 0.2) is 17.1 Å². The van der Waals surface area contributed by atoms with Crippen molar-refractivity contribution >= 4 is 28.9 Å². The Balaban J connectivity index is 1.87. The molecule has 1 unspecified atom stereocenters. The number of guanidine groups is 1. The predicted molar refractivity (Wildman–Crippen MR) is 94.8 cm³/mol. The SMILES string of the molecule is CCNC(=NCC1(C)CCCC1)NCC(O)c1ccc(Cl)s1. The predicted octanol–water partition coefficient (Wildman–Crippen LogP) is 3.57. The third kappa shape index (κ3) is 5.14. The van der Waals surface area contributed by atoms with Crippen LogP contribution in [0.1, 0.15) is 50.5 Å². The molecule has 0 saturated heterocycles. The lowest BCUT2D eigenvalue weighted by molar-refractivity contribution is 0.184. The van der Waals surface area contributed by atoms with Gasteiger partial charge in [0, 0.05) is 24.5 Å². The summed E-state index contributed by atoms with van der Waals surface area (Å²) in [5.74, 6) is 0.775. The molecule has 1 aromatic heterocycles. The molecule has 1 atom stereocenters. The summed E-state index contributed by atoms with van der Waals surface area (Å²) < 4.78 is 0.698. The molecule has 0 bridgehead atoms. The number of halogens is 1. The van der Waals surface area contributed by atoms with Gasteiger partial charge in [-0.1, -0.05) is 31.4 Å². The Morgan fingerprint density at radius 3 is 2.73 bits per heavy atom. The van der Waals surface area contributed by atoms with Crippen molar-refractivity contribution in [2.45, 2.75) is 45.6 Å². The fraction of sp³-hybridized carbons (Fsp3) is 0.688. The van der Waals surface area contributed by atoms with Crippen molar-refractivity contribution in [3.63, 3.8) is 0 Å². The maximum absolute atomic E-state index is 10.2. The molecule has 1 aliphatic rings. The van der Waals surface area contributed by atoms with Crippen LogP contribution in [0.2, 0.25) is 4.34 Å². The van der Waals surface area contributed by atoms with E-state index >= 15 is 0 Å². The molecule has 6 heteroatoms. The van der Waals surface area contributed by atoms with Crippen molar-refractivity contribution in [3.8, 4) is 0 Å². The van der Waals surface area contributed by atoms with E-state index in [0.29, 0.717) is 16.3 Å². The number of aliphatic hydroxyl groups excluding tert-OH is 1. The van der Waals surface area contributed by atoms with Crippen LogP contribution in [0.5, 0.6) is 0 Å². The molecule has 1 aliphatic carbocycles. The summed E-state index contributed by atoms with van der Waals surface area (Å²) >= 11 is 7.31. The minimum Gasteiger partial charge on any atom is -0.386 e. The number of aliphatic imine (C=N–C) groups is 1. The van der Waals surface area contributed by atoms with Gasteiger partial charge in [0.25, 0.3) is 0 Å². The Hall–Kier alpha value is -0.780. The van der Waals surface area contributed by atoms with Crippen LogP contribution >= 0.6 is 22.9 Å². The van der Waals surface area contributed by atoms with Crippen molar-refractivity contribution in [3.05, 3.63) is 21.3 Å². The minimum atomic E-state index is -0.566. The van der Waals surface area contributed by atoms with Crippen LogP contribution in [0.25, 0.3) is 0 Å². The van der Waals surface area contributed by atoms with Gasteiger partial charge >= 0.3 is 0 Å². The Morgan fingerprint density at radius 2 is 2.14 bits per heavy atom. The first-order valence-corrected chi connectivity index (χ1v) is 9.17. The summed E-state index contributed by atoms with van der Waals surface area (Å²) in [5, 5.41) is 16.7. The smallest absolute Gasteiger partial charge is 0.191 e. The fourth-order valence-electron chi connectivity index (χ4n) is 2.80.